The van der Waals surface area contributed by atoms with Crippen LogP contribution in [0.3, 0.4) is 0 Å². The van der Waals surface area contributed by atoms with E-state index in [1.54, 1.807) is 7.11 Å². The summed E-state index contributed by atoms with van der Waals surface area (Å²) in [7, 11) is 1.70. The van der Waals surface area contributed by atoms with Crippen molar-refractivity contribution in [2.75, 3.05) is 7.11 Å². The van der Waals surface area contributed by atoms with Crippen LogP contribution in [-0.4, -0.2) is 13.2 Å². The lowest BCUT2D eigenvalue weighted by molar-refractivity contribution is 0.414. The van der Waals surface area contributed by atoms with Crippen molar-refractivity contribution in [1.82, 2.24) is 5.32 Å². The van der Waals surface area contributed by atoms with Crippen molar-refractivity contribution < 1.29 is 4.74 Å². The third kappa shape index (κ3) is 7.80. The highest BCUT2D eigenvalue weighted by Crippen LogP contribution is 2.39. The lowest BCUT2D eigenvalue weighted by atomic mass is 9.87. The van der Waals surface area contributed by atoms with Crippen LogP contribution in [0.2, 0.25) is 0 Å². The van der Waals surface area contributed by atoms with E-state index in [9.17, 15) is 0 Å². The lowest BCUT2D eigenvalue weighted by Gasteiger charge is -2.25. The van der Waals surface area contributed by atoms with Crippen LogP contribution in [0.1, 0.15) is 55.6 Å². The molecule has 0 radical (unpaired) electrons. The average molecular weight is 460 g/mol. The predicted molar refractivity (Wildman–Crippen MR) is 143 cm³/mol. The van der Waals surface area contributed by atoms with E-state index in [1.165, 1.54) is 21.6 Å². The molecule has 0 saturated heterocycles. The van der Waals surface area contributed by atoms with Gasteiger partial charge in [-0.3, -0.25) is 0 Å². The Balaban J connectivity index is 1.73. The van der Waals surface area contributed by atoms with Gasteiger partial charge in [-0.05, 0) is 59.2 Å². The molecule has 3 heteroatoms. The maximum absolute atomic E-state index is 5.28. The Morgan fingerprint density at radius 1 is 0.939 bits per heavy atom. The van der Waals surface area contributed by atoms with Gasteiger partial charge in [0.2, 0.25) is 0 Å². The first-order valence-corrected chi connectivity index (χ1v) is 12.6. The van der Waals surface area contributed by atoms with Crippen LogP contribution in [0.15, 0.2) is 96.4 Å². The van der Waals surface area contributed by atoms with Gasteiger partial charge in [-0.2, -0.15) is 0 Å². The van der Waals surface area contributed by atoms with Gasteiger partial charge in [0, 0.05) is 22.7 Å². The maximum atomic E-state index is 5.28. The van der Waals surface area contributed by atoms with Gasteiger partial charge in [-0.25, -0.2) is 0 Å². The minimum Gasteiger partial charge on any atom is -0.497 e. The van der Waals surface area contributed by atoms with Crippen LogP contribution in [0.5, 0.6) is 5.75 Å². The minimum atomic E-state index is 0.169. The number of hydrogen-bond donors (Lipinski definition) is 1. The average Bonchev–Trinajstić information content (AvgIpc) is 2.83. The second-order valence-corrected chi connectivity index (χ2v) is 10.8. The molecule has 0 amide bonds. The molecule has 2 unspecified atom stereocenters. The molecule has 0 fully saturated rings. The molecule has 0 aliphatic carbocycles. The minimum absolute atomic E-state index is 0.169. The van der Waals surface area contributed by atoms with Crippen LogP contribution in [0.25, 0.3) is 0 Å². The highest BCUT2D eigenvalue weighted by Gasteiger charge is 2.20. The molecule has 0 spiro atoms. The molecule has 3 aromatic rings. The monoisotopic (exact) mass is 459 g/mol. The normalized spacial score (nSPS) is 13.3. The van der Waals surface area contributed by atoms with Crippen LogP contribution < -0.4 is 10.1 Å². The molecule has 0 aromatic heterocycles. The second kappa shape index (κ2) is 12.1. The van der Waals surface area contributed by atoms with Crippen molar-refractivity contribution in [2.45, 2.75) is 61.8 Å². The van der Waals surface area contributed by atoms with Gasteiger partial charge in [-0.15, -0.1) is 18.3 Å². The molecule has 0 aliphatic heterocycles. The largest absolute Gasteiger partial charge is 0.497 e. The Kier molecular flexibility index (Phi) is 9.22. The zero-order valence-electron chi connectivity index (χ0n) is 20.4. The molecule has 174 valence electrons. The third-order valence-electron chi connectivity index (χ3n) is 5.87. The van der Waals surface area contributed by atoms with Crippen molar-refractivity contribution in [3.63, 3.8) is 0 Å². The smallest absolute Gasteiger partial charge is 0.118 e. The van der Waals surface area contributed by atoms with Crippen molar-refractivity contribution in [3.05, 3.63) is 108 Å². The molecule has 0 saturated carbocycles. The third-order valence-corrected chi connectivity index (χ3v) is 7.17. The summed E-state index contributed by atoms with van der Waals surface area (Å²) < 4.78 is 5.28. The fourth-order valence-corrected chi connectivity index (χ4v) is 5.09. The standard InChI is InChI=1S/C30H37NOS/c1-6-10-26(31-22-23-13-17-27(32-5)18-14-23)21-29(24-11-8-7-9-12-24)33-28-19-15-25(16-20-28)30(2,3)4/h6-9,11-20,26,29,31H,1,10,21-22H2,2-5H3. The Bertz CT molecular complexity index is 975. The Hall–Kier alpha value is -2.49. The SMILES string of the molecule is C=CCC(CC(Sc1ccc(C(C)(C)C)cc1)c1ccccc1)NCc1ccc(OC)cc1. The van der Waals surface area contributed by atoms with E-state index in [4.69, 9.17) is 4.74 Å². The zero-order chi connectivity index (χ0) is 23.7. The number of nitrogens with one attached hydrogen (secondary N) is 1. The Labute approximate surface area is 204 Å². The molecule has 1 N–H and O–H groups in total. The summed E-state index contributed by atoms with van der Waals surface area (Å²) in [5.74, 6) is 0.888. The summed E-state index contributed by atoms with van der Waals surface area (Å²) >= 11 is 1.95. The summed E-state index contributed by atoms with van der Waals surface area (Å²) in [4.78, 5) is 1.31. The van der Waals surface area contributed by atoms with Crippen LogP contribution in [-0.2, 0) is 12.0 Å². The topological polar surface area (TPSA) is 21.3 Å². The molecule has 33 heavy (non-hydrogen) atoms. The molecule has 3 aromatic carbocycles. The summed E-state index contributed by atoms with van der Waals surface area (Å²) in [6.07, 6.45) is 3.98. The number of ether oxygens (including phenoxy) is 1. The zero-order valence-corrected chi connectivity index (χ0v) is 21.2. The van der Waals surface area contributed by atoms with Gasteiger partial charge in [0.1, 0.15) is 5.75 Å². The lowest BCUT2D eigenvalue weighted by Crippen LogP contribution is -2.29. The Morgan fingerprint density at radius 2 is 1.61 bits per heavy atom. The summed E-state index contributed by atoms with van der Waals surface area (Å²) in [5, 5.41) is 4.13. The first kappa shape index (κ1) is 25.1. The number of hydrogen-bond acceptors (Lipinski definition) is 3. The van der Waals surface area contributed by atoms with E-state index >= 15 is 0 Å². The van der Waals surface area contributed by atoms with Crippen molar-refractivity contribution in [2.24, 2.45) is 0 Å². The molecule has 2 nitrogen and oxygen atoms in total. The fourth-order valence-electron chi connectivity index (χ4n) is 3.85. The number of thioether (sulfide) groups is 1. The van der Waals surface area contributed by atoms with E-state index in [0.29, 0.717) is 11.3 Å². The van der Waals surface area contributed by atoms with Crippen molar-refractivity contribution >= 4 is 11.8 Å². The van der Waals surface area contributed by atoms with E-state index in [2.05, 4.69) is 99.4 Å². The van der Waals surface area contributed by atoms with Gasteiger partial charge in [0.15, 0.2) is 0 Å². The highest BCUT2D eigenvalue weighted by molar-refractivity contribution is 7.99. The summed E-state index contributed by atoms with van der Waals surface area (Å²) in [5.41, 5.74) is 4.16. The van der Waals surface area contributed by atoms with Crippen LogP contribution in [0.4, 0.5) is 0 Å². The highest BCUT2D eigenvalue weighted by atomic mass is 32.2. The summed E-state index contributed by atoms with van der Waals surface area (Å²) in [6.45, 7) is 11.6. The molecule has 0 heterocycles. The number of benzene rings is 3. The molecule has 2 atom stereocenters. The number of methoxy groups -OCH3 is 1. The first-order valence-electron chi connectivity index (χ1n) is 11.7. The predicted octanol–water partition coefficient (Wildman–Crippen LogP) is 7.95. The maximum Gasteiger partial charge on any atom is 0.118 e. The van der Waals surface area contributed by atoms with Gasteiger partial charge >= 0.3 is 0 Å². The summed E-state index contributed by atoms with van der Waals surface area (Å²) in [6, 6.07) is 28.6. The van der Waals surface area contributed by atoms with Crippen LogP contribution in [0, 0.1) is 0 Å². The first-order chi connectivity index (χ1) is 15.9. The molecular formula is C30H37NOS. The van der Waals surface area contributed by atoms with Gasteiger partial charge in [-0.1, -0.05) is 81.4 Å². The van der Waals surface area contributed by atoms with Gasteiger partial charge in [0.05, 0.1) is 7.11 Å². The van der Waals surface area contributed by atoms with Crippen molar-refractivity contribution in [3.8, 4) is 5.75 Å². The second-order valence-electron chi connectivity index (χ2n) is 9.48. The fraction of sp³-hybridized carbons (Fsp3) is 0.333. The van der Waals surface area contributed by atoms with Gasteiger partial charge in [0.25, 0.3) is 0 Å². The van der Waals surface area contributed by atoms with E-state index in [-0.39, 0.29) is 5.41 Å². The molecule has 0 aliphatic rings. The Morgan fingerprint density at radius 3 is 2.18 bits per heavy atom. The number of rotatable bonds is 11. The van der Waals surface area contributed by atoms with Gasteiger partial charge < -0.3 is 10.1 Å². The van der Waals surface area contributed by atoms with E-state index in [0.717, 1.165) is 25.1 Å². The molecule has 0 bridgehead atoms. The van der Waals surface area contributed by atoms with E-state index in [1.807, 2.05) is 30.0 Å². The van der Waals surface area contributed by atoms with Crippen LogP contribution >= 0.6 is 11.8 Å². The molecule has 3 rings (SSSR count). The van der Waals surface area contributed by atoms with E-state index < -0.39 is 0 Å². The van der Waals surface area contributed by atoms with Crippen molar-refractivity contribution in [1.29, 1.82) is 0 Å². The quantitative estimate of drug-likeness (QED) is 0.232. The molecular weight excluding hydrogens is 422 g/mol.